The number of nitrogens with zero attached hydrogens (tertiary/aromatic N) is 3. The summed E-state index contributed by atoms with van der Waals surface area (Å²) < 4.78 is 16.2. The lowest BCUT2D eigenvalue weighted by Crippen LogP contribution is -2.34. The van der Waals surface area contributed by atoms with Gasteiger partial charge in [0.25, 0.3) is 5.91 Å². The first-order valence-electron chi connectivity index (χ1n) is 9.92. The second-order valence-electron chi connectivity index (χ2n) is 8.18. The van der Waals surface area contributed by atoms with E-state index in [2.05, 4.69) is 15.3 Å². The molecular formula is C21H23Cl3N4O5. The molecule has 0 atom stereocenters. The maximum Gasteiger partial charge on any atom is 0.412 e. The minimum atomic E-state index is -0.787. The third-order valence-corrected chi connectivity index (χ3v) is 5.46. The SMILES string of the molecule is COc1c(Cl)c(NC(=O)OC(C)(C)C)c(Cl)c(OC)c1C(=O)N(c1cc(Cl)ncn1)C1CC1. The number of amides is 2. The van der Waals surface area contributed by atoms with Crippen LogP contribution in [-0.4, -0.2) is 47.8 Å². The highest BCUT2D eigenvalue weighted by Gasteiger charge is 2.39. The summed E-state index contributed by atoms with van der Waals surface area (Å²) in [6, 6.07) is 1.38. The van der Waals surface area contributed by atoms with E-state index in [-0.39, 0.29) is 44.0 Å². The number of benzene rings is 1. The van der Waals surface area contributed by atoms with Gasteiger partial charge in [0.1, 0.15) is 38.5 Å². The molecule has 1 aliphatic rings. The van der Waals surface area contributed by atoms with E-state index in [1.54, 1.807) is 20.8 Å². The number of hydrogen-bond donors (Lipinski definition) is 1. The molecule has 1 aromatic heterocycles. The molecule has 178 valence electrons. The van der Waals surface area contributed by atoms with Gasteiger partial charge in [0.15, 0.2) is 11.5 Å². The van der Waals surface area contributed by atoms with Crippen molar-refractivity contribution >= 4 is 58.3 Å². The molecule has 0 radical (unpaired) electrons. The zero-order valence-electron chi connectivity index (χ0n) is 18.7. The molecule has 1 N–H and O–H groups in total. The summed E-state index contributed by atoms with van der Waals surface area (Å²) in [5, 5.41) is 2.51. The molecule has 2 amide bonds. The van der Waals surface area contributed by atoms with Crippen LogP contribution >= 0.6 is 34.8 Å². The maximum atomic E-state index is 13.8. The first kappa shape index (κ1) is 25.1. The van der Waals surface area contributed by atoms with Crippen molar-refractivity contribution in [1.29, 1.82) is 0 Å². The molecule has 2 aromatic rings. The summed E-state index contributed by atoms with van der Waals surface area (Å²) in [6.45, 7) is 5.14. The summed E-state index contributed by atoms with van der Waals surface area (Å²) in [7, 11) is 2.68. The average Bonchev–Trinajstić information content (AvgIpc) is 3.54. The number of nitrogens with one attached hydrogen (secondary N) is 1. The van der Waals surface area contributed by atoms with Crippen LogP contribution in [0.25, 0.3) is 0 Å². The van der Waals surface area contributed by atoms with Gasteiger partial charge in [0.05, 0.1) is 19.9 Å². The first-order chi connectivity index (χ1) is 15.5. The van der Waals surface area contributed by atoms with Gasteiger partial charge in [-0.15, -0.1) is 0 Å². The van der Waals surface area contributed by atoms with Gasteiger partial charge in [-0.2, -0.15) is 0 Å². The minimum Gasteiger partial charge on any atom is -0.494 e. The average molecular weight is 518 g/mol. The third-order valence-electron chi connectivity index (χ3n) is 4.54. The molecule has 1 aliphatic carbocycles. The quantitative estimate of drug-likeness (QED) is 0.497. The number of ether oxygens (including phenoxy) is 3. The standard InChI is InChI=1S/C21H23Cl3N4O5/c1-21(2,3)33-20(30)27-16-14(23)17(31-4)13(18(32-5)15(16)24)19(29)28(10-6-7-10)12-8-11(22)25-9-26-12/h8-10H,6-7H2,1-5H3,(H,27,30). The molecule has 1 aromatic carbocycles. The van der Waals surface area contributed by atoms with Crippen LogP contribution in [0.2, 0.25) is 15.2 Å². The van der Waals surface area contributed by atoms with E-state index in [0.29, 0.717) is 5.82 Å². The van der Waals surface area contributed by atoms with Crippen LogP contribution in [0, 0.1) is 0 Å². The highest BCUT2D eigenvalue weighted by Crippen LogP contribution is 2.49. The fourth-order valence-electron chi connectivity index (χ4n) is 3.11. The highest BCUT2D eigenvalue weighted by molar-refractivity contribution is 6.43. The van der Waals surface area contributed by atoms with Crippen molar-refractivity contribution in [3.8, 4) is 11.5 Å². The Hall–Kier alpha value is -2.49. The fraction of sp³-hybridized carbons (Fsp3) is 0.429. The van der Waals surface area contributed by atoms with Crippen LogP contribution in [0.5, 0.6) is 11.5 Å². The predicted octanol–water partition coefficient (Wildman–Crippen LogP) is 5.61. The van der Waals surface area contributed by atoms with E-state index < -0.39 is 17.6 Å². The van der Waals surface area contributed by atoms with Crippen LogP contribution in [0.1, 0.15) is 44.0 Å². The van der Waals surface area contributed by atoms with Crippen molar-refractivity contribution in [1.82, 2.24) is 9.97 Å². The summed E-state index contributed by atoms with van der Waals surface area (Å²) in [4.78, 5) is 35.6. The van der Waals surface area contributed by atoms with Crippen LogP contribution in [0.4, 0.5) is 16.3 Å². The van der Waals surface area contributed by atoms with Crippen molar-refractivity contribution in [3.05, 3.63) is 33.2 Å². The van der Waals surface area contributed by atoms with Gasteiger partial charge in [0, 0.05) is 12.1 Å². The molecule has 9 nitrogen and oxygen atoms in total. The van der Waals surface area contributed by atoms with Crippen LogP contribution in [-0.2, 0) is 4.74 Å². The van der Waals surface area contributed by atoms with Crippen molar-refractivity contribution in [2.75, 3.05) is 24.4 Å². The summed E-state index contributed by atoms with van der Waals surface area (Å²) in [6.07, 6.45) is 2.03. The molecule has 12 heteroatoms. The van der Waals surface area contributed by atoms with E-state index in [1.807, 2.05) is 0 Å². The largest absolute Gasteiger partial charge is 0.494 e. The molecule has 1 heterocycles. The lowest BCUT2D eigenvalue weighted by molar-refractivity contribution is 0.0635. The number of rotatable bonds is 6. The normalized spacial score (nSPS) is 13.3. The molecule has 3 rings (SSSR count). The molecule has 0 saturated heterocycles. The molecular weight excluding hydrogens is 495 g/mol. The van der Waals surface area contributed by atoms with E-state index in [1.165, 1.54) is 31.5 Å². The summed E-state index contributed by atoms with van der Waals surface area (Å²) in [5.74, 6) is -0.247. The number of carbonyl (C=O) groups is 2. The number of methoxy groups -OCH3 is 2. The molecule has 33 heavy (non-hydrogen) atoms. The van der Waals surface area contributed by atoms with Crippen molar-refractivity contribution < 1.29 is 23.8 Å². The monoisotopic (exact) mass is 516 g/mol. The van der Waals surface area contributed by atoms with E-state index in [0.717, 1.165) is 12.8 Å². The van der Waals surface area contributed by atoms with Crippen molar-refractivity contribution in [2.24, 2.45) is 0 Å². The fourth-order valence-corrected chi connectivity index (χ4v) is 3.92. The van der Waals surface area contributed by atoms with Crippen LogP contribution in [0.15, 0.2) is 12.4 Å². The highest BCUT2D eigenvalue weighted by atomic mass is 35.5. The number of aromatic nitrogens is 2. The van der Waals surface area contributed by atoms with Crippen LogP contribution in [0.3, 0.4) is 0 Å². The van der Waals surface area contributed by atoms with Gasteiger partial charge in [-0.25, -0.2) is 14.8 Å². The Labute approximate surface area is 206 Å². The van der Waals surface area contributed by atoms with Gasteiger partial charge < -0.3 is 14.2 Å². The number of carbonyl (C=O) groups excluding carboxylic acids is 2. The van der Waals surface area contributed by atoms with Gasteiger partial charge in [-0.3, -0.25) is 15.0 Å². The summed E-state index contributed by atoms with van der Waals surface area (Å²) in [5.41, 5.74) is -0.788. The second-order valence-corrected chi connectivity index (χ2v) is 9.32. The smallest absolute Gasteiger partial charge is 0.412 e. The van der Waals surface area contributed by atoms with Crippen molar-refractivity contribution in [3.63, 3.8) is 0 Å². The molecule has 0 aliphatic heterocycles. The Balaban J connectivity index is 2.11. The van der Waals surface area contributed by atoms with Gasteiger partial charge in [0.2, 0.25) is 0 Å². The Bertz CT molecular complexity index is 1060. The van der Waals surface area contributed by atoms with Gasteiger partial charge in [-0.05, 0) is 33.6 Å². The van der Waals surface area contributed by atoms with Gasteiger partial charge >= 0.3 is 6.09 Å². The van der Waals surface area contributed by atoms with Gasteiger partial charge in [-0.1, -0.05) is 34.8 Å². The van der Waals surface area contributed by atoms with Crippen molar-refractivity contribution in [2.45, 2.75) is 45.3 Å². The Morgan fingerprint density at radius 3 is 2.09 bits per heavy atom. The molecule has 0 bridgehead atoms. The summed E-state index contributed by atoms with van der Waals surface area (Å²) >= 11 is 19.1. The number of hydrogen-bond acceptors (Lipinski definition) is 7. The number of halogens is 3. The lowest BCUT2D eigenvalue weighted by Gasteiger charge is -2.26. The lowest BCUT2D eigenvalue weighted by atomic mass is 10.1. The Morgan fingerprint density at radius 1 is 1.06 bits per heavy atom. The molecule has 1 fully saturated rings. The predicted molar refractivity (Wildman–Crippen MR) is 126 cm³/mol. The third kappa shape index (κ3) is 5.54. The zero-order valence-corrected chi connectivity index (χ0v) is 20.9. The number of anilines is 2. The first-order valence-corrected chi connectivity index (χ1v) is 11.1. The van der Waals surface area contributed by atoms with E-state index in [9.17, 15) is 9.59 Å². The Morgan fingerprint density at radius 2 is 1.64 bits per heavy atom. The Kier molecular flexibility index (Phi) is 7.45. The minimum absolute atomic E-state index is 0.0131. The van der Waals surface area contributed by atoms with E-state index in [4.69, 9.17) is 49.0 Å². The maximum absolute atomic E-state index is 13.8. The topological polar surface area (TPSA) is 103 Å². The molecule has 0 spiro atoms. The van der Waals surface area contributed by atoms with E-state index >= 15 is 0 Å². The zero-order chi connectivity index (χ0) is 24.5. The molecule has 1 saturated carbocycles. The second kappa shape index (κ2) is 9.79. The molecule has 0 unspecified atom stereocenters. The van der Waals surface area contributed by atoms with Crippen LogP contribution < -0.4 is 19.7 Å².